The van der Waals surface area contributed by atoms with Crippen molar-refractivity contribution in [2.24, 2.45) is 17.2 Å². The zero-order valence-corrected chi connectivity index (χ0v) is 15.9. The smallest absolute Gasteiger partial charge is 0.326 e. The number of hydrogen-bond donors (Lipinski definition) is 6. The van der Waals surface area contributed by atoms with Crippen LogP contribution in [0.25, 0.3) is 0 Å². The topological polar surface area (TPSA) is 228 Å². The maximum Gasteiger partial charge on any atom is 0.326 e. The number of nitrogens with two attached hydrogens (primary N) is 3. The lowest BCUT2D eigenvalue weighted by atomic mass is 10.1. The highest BCUT2D eigenvalue weighted by Gasteiger charge is 2.39. The molecule has 13 nitrogen and oxygen atoms in total. The van der Waals surface area contributed by atoms with Crippen molar-refractivity contribution in [3.8, 4) is 0 Å². The predicted molar refractivity (Wildman–Crippen MR) is 97.5 cm³/mol. The Morgan fingerprint density at radius 1 is 1.00 bits per heavy atom. The minimum Gasteiger partial charge on any atom is -0.480 e. The van der Waals surface area contributed by atoms with Crippen LogP contribution in [0.15, 0.2) is 0 Å². The zero-order valence-electron chi connectivity index (χ0n) is 15.9. The summed E-state index contributed by atoms with van der Waals surface area (Å²) in [6.45, 7) is 1.49. The van der Waals surface area contributed by atoms with E-state index in [0.29, 0.717) is 6.42 Å². The molecule has 0 saturated carbocycles. The van der Waals surface area contributed by atoms with E-state index >= 15 is 0 Å². The average Bonchev–Trinajstić information content (AvgIpc) is 3.08. The second-order valence-electron chi connectivity index (χ2n) is 6.78. The number of carbonyl (C=O) groups excluding carboxylic acids is 5. The van der Waals surface area contributed by atoms with Gasteiger partial charge in [-0.1, -0.05) is 0 Å². The van der Waals surface area contributed by atoms with Gasteiger partial charge in [0.2, 0.25) is 29.5 Å². The van der Waals surface area contributed by atoms with E-state index in [2.05, 4.69) is 10.6 Å². The highest BCUT2D eigenvalue weighted by atomic mass is 16.4. The third-order valence-corrected chi connectivity index (χ3v) is 4.29. The number of carboxylic acids is 1. The number of nitrogens with one attached hydrogen (secondary N) is 2. The first-order valence-corrected chi connectivity index (χ1v) is 8.90. The molecule has 162 valence electrons. The van der Waals surface area contributed by atoms with E-state index in [4.69, 9.17) is 17.2 Å². The van der Waals surface area contributed by atoms with Crippen molar-refractivity contribution in [2.75, 3.05) is 6.54 Å². The van der Waals surface area contributed by atoms with E-state index in [1.807, 2.05) is 0 Å². The summed E-state index contributed by atoms with van der Waals surface area (Å²) in [7, 11) is 0. The van der Waals surface area contributed by atoms with Crippen molar-refractivity contribution >= 4 is 35.5 Å². The molecule has 0 bridgehead atoms. The molecule has 0 spiro atoms. The molecule has 5 amide bonds. The van der Waals surface area contributed by atoms with Crippen LogP contribution < -0.4 is 27.8 Å². The SMILES string of the molecule is C[C@H](N)C(=O)N[C@@H](CC(N)=O)C(=O)N[C@@H](CC(N)=O)C(=O)N1CCC[C@H]1C(=O)O. The Morgan fingerprint density at radius 2 is 1.52 bits per heavy atom. The first-order chi connectivity index (χ1) is 13.4. The lowest BCUT2D eigenvalue weighted by Gasteiger charge is -2.28. The molecule has 13 heteroatoms. The molecular weight excluding hydrogens is 388 g/mol. The summed E-state index contributed by atoms with van der Waals surface area (Å²) >= 11 is 0. The van der Waals surface area contributed by atoms with E-state index in [-0.39, 0.29) is 13.0 Å². The van der Waals surface area contributed by atoms with Crippen LogP contribution in [-0.2, 0) is 28.8 Å². The van der Waals surface area contributed by atoms with Gasteiger partial charge in [-0.25, -0.2) is 4.79 Å². The van der Waals surface area contributed by atoms with Crippen molar-refractivity contribution in [3.05, 3.63) is 0 Å². The molecule has 1 rings (SSSR count). The fourth-order valence-electron chi connectivity index (χ4n) is 2.87. The Bertz CT molecular complexity index is 695. The third kappa shape index (κ3) is 7.03. The fraction of sp³-hybridized carbons (Fsp3) is 0.625. The maximum atomic E-state index is 12.7. The van der Waals surface area contributed by atoms with Crippen molar-refractivity contribution in [2.45, 2.75) is 56.8 Å². The monoisotopic (exact) mass is 414 g/mol. The van der Waals surface area contributed by atoms with Crippen molar-refractivity contribution < 1.29 is 33.9 Å². The van der Waals surface area contributed by atoms with E-state index in [0.717, 1.165) is 4.90 Å². The number of likely N-dealkylation sites (tertiary alicyclic amines) is 1. The van der Waals surface area contributed by atoms with Crippen LogP contribution in [-0.4, -0.2) is 76.2 Å². The summed E-state index contributed by atoms with van der Waals surface area (Å²) in [5, 5.41) is 13.7. The standard InChI is InChI=1S/C16H26N6O7/c1-7(17)13(25)20-8(5-11(18)23)14(26)21-9(6-12(19)24)15(27)22-4-2-3-10(22)16(28)29/h7-10H,2-6,17H2,1H3,(H2,18,23)(H2,19,24)(H,20,25)(H,21,26)(H,28,29)/t7-,8-,9-,10-/m0/s1. The van der Waals surface area contributed by atoms with Gasteiger partial charge in [0, 0.05) is 6.54 Å². The van der Waals surface area contributed by atoms with Crippen molar-refractivity contribution in [3.63, 3.8) is 0 Å². The van der Waals surface area contributed by atoms with Gasteiger partial charge in [0.1, 0.15) is 18.1 Å². The highest BCUT2D eigenvalue weighted by molar-refractivity contribution is 5.97. The molecule has 1 heterocycles. The van der Waals surface area contributed by atoms with Crippen molar-refractivity contribution in [1.82, 2.24) is 15.5 Å². The summed E-state index contributed by atoms with van der Waals surface area (Å²) in [5.41, 5.74) is 15.6. The van der Waals surface area contributed by atoms with Crippen LogP contribution in [0.2, 0.25) is 0 Å². The van der Waals surface area contributed by atoms with E-state index in [9.17, 15) is 33.9 Å². The summed E-state index contributed by atoms with van der Waals surface area (Å²) in [6, 6.07) is -4.98. The Hall–Kier alpha value is -3.22. The van der Waals surface area contributed by atoms with Crippen LogP contribution in [0.3, 0.4) is 0 Å². The molecule has 0 aliphatic carbocycles. The zero-order chi connectivity index (χ0) is 22.3. The third-order valence-electron chi connectivity index (χ3n) is 4.29. The Balaban J connectivity index is 3.01. The summed E-state index contributed by atoms with van der Waals surface area (Å²) < 4.78 is 0. The summed E-state index contributed by atoms with van der Waals surface area (Å²) in [5.74, 6) is -5.55. The quantitative estimate of drug-likeness (QED) is 0.207. The first-order valence-electron chi connectivity index (χ1n) is 8.90. The number of rotatable bonds is 10. The Morgan fingerprint density at radius 3 is 2.00 bits per heavy atom. The van der Waals surface area contributed by atoms with E-state index in [1.165, 1.54) is 6.92 Å². The number of carboxylic acid groups (broad SMARTS) is 1. The normalized spacial score (nSPS) is 19.0. The number of amides is 5. The predicted octanol–water partition coefficient (Wildman–Crippen LogP) is -3.87. The largest absolute Gasteiger partial charge is 0.480 e. The number of hydrogen-bond acceptors (Lipinski definition) is 7. The minimum absolute atomic E-state index is 0.132. The van der Waals surface area contributed by atoms with E-state index < -0.39 is 72.5 Å². The maximum absolute atomic E-state index is 12.7. The number of primary amides is 2. The minimum atomic E-state index is -1.47. The van der Waals surface area contributed by atoms with Gasteiger partial charge in [0.05, 0.1) is 18.9 Å². The van der Waals surface area contributed by atoms with Gasteiger partial charge < -0.3 is 37.8 Å². The summed E-state index contributed by atoms with van der Waals surface area (Å²) in [4.78, 5) is 72.0. The Labute approximate surface area is 166 Å². The second kappa shape index (κ2) is 10.4. The molecule has 1 aliphatic rings. The molecule has 0 aromatic rings. The lowest BCUT2D eigenvalue weighted by molar-refractivity contribution is -0.149. The van der Waals surface area contributed by atoms with Gasteiger partial charge in [-0.05, 0) is 19.8 Å². The van der Waals surface area contributed by atoms with Gasteiger partial charge >= 0.3 is 5.97 Å². The van der Waals surface area contributed by atoms with Gasteiger partial charge in [-0.3, -0.25) is 24.0 Å². The van der Waals surface area contributed by atoms with Gasteiger partial charge in [-0.2, -0.15) is 0 Å². The number of nitrogens with zero attached hydrogens (tertiary/aromatic N) is 1. The van der Waals surface area contributed by atoms with Gasteiger partial charge in [0.15, 0.2) is 0 Å². The molecule has 1 fully saturated rings. The first kappa shape index (κ1) is 23.8. The number of aliphatic carboxylic acids is 1. The Kier molecular flexibility index (Phi) is 8.51. The molecule has 9 N–H and O–H groups in total. The van der Waals surface area contributed by atoms with Crippen LogP contribution in [0.4, 0.5) is 0 Å². The molecule has 0 unspecified atom stereocenters. The molecule has 1 saturated heterocycles. The fourth-order valence-corrected chi connectivity index (χ4v) is 2.87. The lowest BCUT2D eigenvalue weighted by Crippen LogP contribution is -2.58. The van der Waals surface area contributed by atoms with Gasteiger partial charge in [0.25, 0.3) is 0 Å². The molecule has 1 aliphatic heterocycles. The van der Waals surface area contributed by atoms with Gasteiger partial charge in [-0.15, -0.1) is 0 Å². The molecule has 4 atom stereocenters. The molecule has 29 heavy (non-hydrogen) atoms. The highest BCUT2D eigenvalue weighted by Crippen LogP contribution is 2.19. The second-order valence-corrected chi connectivity index (χ2v) is 6.78. The van der Waals surface area contributed by atoms with Crippen LogP contribution in [0.5, 0.6) is 0 Å². The summed E-state index contributed by atoms with van der Waals surface area (Å²) in [6.07, 6.45) is -0.511. The van der Waals surface area contributed by atoms with Crippen LogP contribution >= 0.6 is 0 Å². The molecule has 0 aromatic carbocycles. The molecular formula is C16H26N6O7. The average molecular weight is 414 g/mol. The van der Waals surface area contributed by atoms with Crippen molar-refractivity contribution in [1.29, 1.82) is 0 Å². The van der Waals surface area contributed by atoms with E-state index in [1.54, 1.807) is 0 Å². The number of carbonyl (C=O) groups is 6. The van der Waals surface area contributed by atoms with Crippen LogP contribution in [0, 0.1) is 0 Å². The molecule has 0 aromatic heterocycles. The molecule has 0 radical (unpaired) electrons. The van der Waals surface area contributed by atoms with Crippen LogP contribution in [0.1, 0.15) is 32.6 Å².